The highest BCUT2D eigenvalue weighted by Gasteiger charge is 2.15. The summed E-state index contributed by atoms with van der Waals surface area (Å²) in [6, 6.07) is 15.0. The topological polar surface area (TPSA) is 29.7 Å². The lowest BCUT2D eigenvalue weighted by atomic mass is 9.96. The van der Waals surface area contributed by atoms with E-state index in [1.54, 1.807) is 0 Å². The summed E-state index contributed by atoms with van der Waals surface area (Å²) in [6.07, 6.45) is 9.14. The average Bonchev–Trinajstić information content (AvgIpc) is 2.69. The molecule has 0 amide bonds. The number of nitrogens with zero attached hydrogens (tertiary/aromatic N) is 3. The molecule has 3 rings (SSSR count). The standard InChI is InChI=1S/C24H30N3/c1-18(2)24-9-5-8-23(26-24)15-19(3)22-7-6-14-27(17-22)16-20(4)21-10-12-25-13-11-21/h5-14,17-20H,15-16H2,1-4H3/q+1. The quantitative estimate of drug-likeness (QED) is 0.553. The van der Waals surface area contributed by atoms with Gasteiger partial charge >= 0.3 is 0 Å². The van der Waals surface area contributed by atoms with E-state index in [0.717, 1.165) is 13.0 Å². The zero-order valence-electron chi connectivity index (χ0n) is 16.8. The van der Waals surface area contributed by atoms with Gasteiger partial charge in [-0.05, 0) is 54.2 Å². The Morgan fingerprint density at radius 2 is 1.63 bits per heavy atom. The van der Waals surface area contributed by atoms with Crippen LogP contribution in [-0.4, -0.2) is 9.97 Å². The first-order valence-corrected chi connectivity index (χ1v) is 9.87. The van der Waals surface area contributed by atoms with E-state index in [2.05, 4.69) is 92.1 Å². The Kier molecular flexibility index (Phi) is 6.33. The lowest BCUT2D eigenvalue weighted by Gasteiger charge is -2.13. The van der Waals surface area contributed by atoms with Crippen LogP contribution in [0.4, 0.5) is 0 Å². The Morgan fingerprint density at radius 1 is 0.852 bits per heavy atom. The van der Waals surface area contributed by atoms with Gasteiger partial charge in [0, 0.05) is 41.3 Å². The normalized spacial score (nSPS) is 13.5. The molecule has 0 aliphatic heterocycles. The van der Waals surface area contributed by atoms with E-state index in [1.165, 1.54) is 22.5 Å². The van der Waals surface area contributed by atoms with Gasteiger partial charge in [0.25, 0.3) is 0 Å². The molecule has 27 heavy (non-hydrogen) atoms. The second-order valence-corrected chi connectivity index (χ2v) is 7.83. The van der Waals surface area contributed by atoms with E-state index < -0.39 is 0 Å². The van der Waals surface area contributed by atoms with Gasteiger partial charge in [0.05, 0.1) is 0 Å². The number of hydrogen-bond donors (Lipinski definition) is 0. The smallest absolute Gasteiger partial charge is 0.172 e. The van der Waals surface area contributed by atoms with Gasteiger partial charge in [0.15, 0.2) is 18.9 Å². The molecule has 0 aromatic carbocycles. The van der Waals surface area contributed by atoms with Gasteiger partial charge in [-0.2, -0.15) is 0 Å². The summed E-state index contributed by atoms with van der Waals surface area (Å²) in [7, 11) is 0. The number of rotatable bonds is 7. The first kappa shape index (κ1) is 19.2. The molecule has 0 aliphatic rings. The maximum absolute atomic E-state index is 4.84. The first-order chi connectivity index (χ1) is 13.0. The van der Waals surface area contributed by atoms with Crippen molar-refractivity contribution in [1.29, 1.82) is 0 Å². The molecular formula is C24H30N3+. The van der Waals surface area contributed by atoms with Gasteiger partial charge in [-0.15, -0.1) is 0 Å². The lowest BCUT2D eigenvalue weighted by Crippen LogP contribution is -2.36. The summed E-state index contributed by atoms with van der Waals surface area (Å²) < 4.78 is 2.30. The van der Waals surface area contributed by atoms with Crippen molar-refractivity contribution < 1.29 is 4.57 Å². The van der Waals surface area contributed by atoms with Crippen LogP contribution < -0.4 is 4.57 Å². The van der Waals surface area contributed by atoms with Crippen LogP contribution in [0.15, 0.2) is 67.3 Å². The number of aromatic nitrogens is 3. The highest BCUT2D eigenvalue weighted by atomic mass is 14.9. The molecular weight excluding hydrogens is 330 g/mol. The molecule has 3 aromatic rings. The maximum Gasteiger partial charge on any atom is 0.172 e. The fourth-order valence-corrected chi connectivity index (χ4v) is 3.43. The van der Waals surface area contributed by atoms with E-state index >= 15 is 0 Å². The van der Waals surface area contributed by atoms with E-state index in [4.69, 9.17) is 4.98 Å². The molecule has 0 saturated heterocycles. The highest BCUT2D eigenvalue weighted by Crippen LogP contribution is 2.20. The van der Waals surface area contributed by atoms with Crippen molar-refractivity contribution in [1.82, 2.24) is 9.97 Å². The van der Waals surface area contributed by atoms with Crippen LogP contribution in [0.25, 0.3) is 0 Å². The molecule has 2 atom stereocenters. The van der Waals surface area contributed by atoms with Gasteiger partial charge in [0.1, 0.15) is 0 Å². The molecule has 3 nitrogen and oxygen atoms in total. The summed E-state index contributed by atoms with van der Waals surface area (Å²) in [5.41, 5.74) is 5.03. The third-order valence-electron chi connectivity index (χ3n) is 5.15. The van der Waals surface area contributed by atoms with Crippen LogP contribution in [-0.2, 0) is 13.0 Å². The Balaban J connectivity index is 1.70. The van der Waals surface area contributed by atoms with Crippen molar-refractivity contribution >= 4 is 0 Å². The minimum absolute atomic E-state index is 0.434. The fourth-order valence-electron chi connectivity index (χ4n) is 3.43. The third-order valence-corrected chi connectivity index (χ3v) is 5.15. The Bertz CT molecular complexity index is 858. The number of hydrogen-bond acceptors (Lipinski definition) is 2. The summed E-state index contributed by atoms with van der Waals surface area (Å²) in [4.78, 5) is 8.95. The van der Waals surface area contributed by atoms with Crippen molar-refractivity contribution in [2.45, 2.75) is 58.4 Å². The molecule has 0 spiro atoms. The van der Waals surface area contributed by atoms with Crippen molar-refractivity contribution in [3.63, 3.8) is 0 Å². The van der Waals surface area contributed by atoms with Gasteiger partial charge in [-0.25, -0.2) is 4.57 Å². The molecule has 3 heteroatoms. The Hall–Kier alpha value is -2.55. The highest BCUT2D eigenvalue weighted by molar-refractivity contribution is 5.19. The van der Waals surface area contributed by atoms with Crippen LogP contribution in [0.3, 0.4) is 0 Å². The molecule has 3 aromatic heterocycles. The van der Waals surface area contributed by atoms with Gasteiger partial charge < -0.3 is 0 Å². The average molecular weight is 361 g/mol. The molecule has 0 saturated carbocycles. The van der Waals surface area contributed by atoms with Crippen LogP contribution in [0, 0.1) is 0 Å². The second kappa shape index (κ2) is 8.90. The lowest BCUT2D eigenvalue weighted by molar-refractivity contribution is -0.699. The Morgan fingerprint density at radius 3 is 2.37 bits per heavy atom. The van der Waals surface area contributed by atoms with Crippen LogP contribution >= 0.6 is 0 Å². The largest absolute Gasteiger partial charge is 0.265 e. The van der Waals surface area contributed by atoms with Crippen molar-refractivity contribution in [3.8, 4) is 0 Å². The monoisotopic (exact) mass is 360 g/mol. The van der Waals surface area contributed by atoms with Gasteiger partial charge in [-0.1, -0.05) is 33.8 Å². The second-order valence-electron chi connectivity index (χ2n) is 7.83. The first-order valence-electron chi connectivity index (χ1n) is 9.87. The van der Waals surface area contributed by atoms with Crippen LogP contribution in [0.1, 0.15) is 68.0 Å². The summed E-state index contributed by atoms with van der Waals surface area (Å²) in [5.74, 6) is 1.35. The van der Waals surface area contributed by atoms with E-state index in [1.807, 2.05) is 12.4 Å². The molecule has 140 valence electrons. The molecule has 0 N–H and O–H groups in total. The SMILES string of the molecule is CC(C)c1cccc(CC(C)c2ccc[n+](CC(C)c3ccncc3)c2)n1. The fraction of sp³-hybridized carbons (Fsp3) is 0.375. The van der Waals surface area contributed by atoms with Crippen molar-refractivity contribution in [2.75, 3.05) is 0 Å². The van der Waals surface area contributed by atoms with Gasteiger partial charge in [-0.3, -0.25) is 9.97 Å². The predicted octanol–water partition coefficient (Wildman–Crippen LogP) is 5.04. The summed E-state index contributed by atoms with van der Waals surface area (Å²) in [6.45, 7) is 9.90. The predicted molar refractivity (Wildman–Crippen MR) is 110 cm³/mol. The van der Waals surface area contributed by atoms with E-state index in [0.29, 0.717) is 17.8 Å². The Labute approximate surface area is 163 Å². The molecule has 0 aliphatic carbocycles. The zero-order valence-corrected chi connectivity index (χ0v) is 16.8. The third kappa shape index (κ3) is 5.22. The number of pyridine rings is 3. The molecule has 0 bridgehead atoms. The van der Waals surface area contributed by atoms with Crippen LogP contribution in [0.2, 0.25) is 0 Å². The molecule has 0 fully saturated rings. The molecule has 3 heterocycles. The van der Waals surface area contributed by atoms with Crippen LogP contribution in [0.5, 0.6) is 0 Å². The van der Waals surface area contributed by atoms with E-state index in [-0.39, 0.29) is 0 Å². The molecule has 2 unspecified atom stereocenters. The summed E-state index contributed by atoms with van der Waals surface area (Å²) >= 11 is 0. The maximum atomic E-state index is 4.84. The van der Waals surface area contributed by atoms with Gasteiger partial charge in [0.2, 0.25) is 0 Å². The zero-order chi connectivity index (χ0) is 19.2. The minimum atomic E-state index is 0.434. The molecule has 0 radical (unpaired) electrons. The minimum Gasteiger partial charge on any atom is -0.265 e. The van der Waals surface area contributed by atoms with Crippen molar-refractivity contribution in [3.05, 3.63) is 89.8 Å². The van der Waals surface area contributed by atoms with Crippen molar-refractivity contribution in [2.24, 2.45) is 0 Å². The summed E-state index contributed by atoms with van der Waals surface area (Å²) in [5, 5.41) is 0. The van der Waals surface area contributed by atoms with E-state index in [9.17, 15) is 0 Å².